The van der Waals surface area contributed by atoms with Gasteiger partial charge in [-0.2, -0.15) is 4.72 Å². The highest BCUT2D eigenvalue weighted by molar-refractivity contribution is 9.10. The zero-order valence-corrected chi connectivity index (χ0v) is 13.5. The van der Waals surface area contributed by atoms with E-state index in [4.69, 9.17) is 9.84 Å². The number of hydrogen-bond acceptors (Lipinski definition) is 4. The number of carbonyl (C=O) groups is 1. The van der Waals surface area contributed by atoms with Crippen LogP contribution in [-0.4, -0.2) is 39.3 Å². The molecule has 8 heteroatoms. The maximum atomic E-state index is 12.2. The Labute approximate surface area is 126 Å². The second kappa shape index (κ2) is 7.16. The molecule has 0 radical (unpaired) electrons. The second-order valence-electron chi connectivity index (χ2n) is 4.23. The fourth-order valence-corrected chi connectivity index (χ4v) is 3.96. The van der Waals surface area contributed by atoms with Gasteiger partial charge in [0.1, 0.15) is 6.04 Å². The van der Waals surface area contributed by atoms with Gasteiger partial charge in [0.15, 0.2) is 0 Å². The number of benzene rings is 1. The van der Waals surface area contributed by atoms with E-state index in [0.29, 0.717) is 4.47 Å². The first-order valence-corrected chi connectivity index (χ1v) is 8.06. The molecule has 6 nitrogen and oxygen atoms in total. The van der Waals surface area contributed by atoms with Gasteiger partial charge in [-0.1, -0.05) is 6.07 Å². The van der Waals surface area contributed by atoms with Crippen molar-refractivity contribution in [1.82, 2.24) is 4.72 Å². The molecule has 0 fully saturated rings. The van der Waals surface area contributed by atoms with Crippen molar-refractivity contribution in [2.75, 3.05) is 13.7 Å². The van der Waals surface area contributed by atoms with Gasteiger partial charge in [0.25, 0.3) is 0 Å². The number of hydrogen-bond donors (Lipinski definition) is 2. The summed E-state index contributed by atoms with van der Waals surface area (Å²) in [5, 5.41) is 9.03. The van der Waals surface area contributed by atoms with Crippen molar-refractivity contribution in [3.8, 4) is 0 Å². The minimum atomic E-state index is -3.92. The van der Waals surface area contributed by atoms with Crippen LogP contribution in [0, 0.1) is 6.92 Å². The lowest BCUT2D eigenvalue weighted by molar-refractivity contribution is -0.139. The molecule has 0 aliphatic rings. The maximum Gasteiger partial charge on any atom is 0.321 e. The van der Waals surface area contributed by atoms with E-state index >= 15 is 0 Å². The third kappa shape index (κ3) is 4.55. The maximum absolute atomic E-state index is 12.2. The zero-order valence-electron chi connectivity index (χ0n) is 11.1. The van der Waals surface area contributed by atoms with Crippen LogP contribution in [-0.2, 0) is 19.6 Å². The highest BCUT2D eigenvalue weighted by atomic mass is 79.9. The van der Waals surface area contributed by atoms with Crippen molar-refractivity contribution in [2.45, 2.75) is 24.3 Å². The van der Waals surface area contributed by atoms with Gasteiger partial charge in [0.05, 0.1) is 4.90 Å². The summed E-state index contributed by atoms with van der Waals surface area (Å²) in [5.41, 5.74) is 0.894. The number of rotatable bonds is 7. The number of carboxylic acids is 1. The highest BCUT2D eigenvalue weighted by Crippen LogP contribution is 2.23. The third-order valence-corrected chi connectivity index (χ3v) is 5.03. The highest BCUT2D eigenvalue weighted by Gasteiger charge is 2.26. The van der Waals surface area contributed by atoms with Crippen LogP contribution in [0.15, 0.2) is 27.6 Å². The molecule has 20 heavy (non-hydrogen) atoms. The molecule has 1 unspecified atom stereocenters. The summed E-state index contributed by atoms with van der Waals surface area (Å²) in [6, 6.07) is 3.49. The van der Waals surface area contributed by atoms with E-state index in [1.165, 1.54) is 13.2 Å². The van der Waals surface area contributed by atoms with Crippen LogP contribution >= 0.6 is 15.9 Å². The summed E-state index contributed by atoms with van der Waals surface area (Å²) in [4.78, 5) is 11.1. The van der Waals surface area contributed by atoms with E-state index in [2.05, 4.69) is 20.7 Å². The number of sulfonamides is 1. The van der Waals surface area contributed by atoms with Gasteiger partial charge in [-0.05, 0) is 47.0 Å². The van der Waals surface area contributed by atoms with E-state index in [0.717, 1.165) is 5.56 Å². The Bertz CT molecular complexity index is 588. The molecule has 0 saturated carbocycles. The molecule has 0 saturated heterocycles. The molecule has 0 aliphatic heterocycles. The van der Waals surface area contributed by atoms with Crippen molar-refractivity contribution in [2.24, 2.45) is 0 Å². The van der Waals surface area contributed by atoms with Crippen molar-refractivity contribution >= 4 is 31.9 Å². The van der Waals surface area contributed by atoms with Gasteiger partial charge in [-0.15, -0.1) is 0 Å². The van der Waals surface area contributed by atoms with Crippen LogP contribution in [0.5, 0.6) is 0 Å². The molecule has 112 valence electrons. The third-order valence-electron chi connectivity index (χ3n) is 2.58. The van der Waals surface area contributed by atoms with E-state index in [9.17, 15) is 13.2 Å². The average molecular weight is 366 g/mol. The Morgan fingerprint density at radius 2 is 2.15 bits per heavy atom. The Hall–Kier alpha value is -0.960. The lowest BCUT2D eigenvalue weighted by Crippen LogP contribution is -2.41. The molecule has 0 spiro atoms. The van der Waals surface area contributed by atoms with Gasteiger partial charge < -0.3 is 9.84 Å². The van der Waals surface area contributed by atoms with Crippen LogP contribution < -0.4 is 4.72 Å². The Balaban J connectivity index is 3.00. The van der Waals surface area contributed by atoms with Gasteiger partial charge in [0.2, 0.25) is 10.0 Å². The molecular formula is C12H16BrNO5S. The molecule has 1 aromatic rings. The van der Waals surface area contributed by atoms with Gasteiger partial charge in [-0.3, -0.25) is 4.79 Å². The number of halogens is 1. The monoisotopic (exact) mass is 365 g/mol. The molecule has 2 N–H and O–H groups in total. The Kier molecular flexibility index (Phi) is 6.12. The largest absolute Gasteiger partial charge is 0.480 e. The molecular weight excluding hydrogens is 350 g/mol. The van der Waals surface area contributed by atoms with Crippen LogP contribution in [0.2, 0.25) is 0 Å². The van der Waals surface area contributed by atoms with Crippen molar-refractivity contribution in [3.63, 3.8) is 0 Å². The van der Waals surface area contributed by atoms with Gasteiger partial charge in [0, 0.05) is 18.2 Å². The standard InChI is InChI=1S/C12H16BrNO5S/c1-8-3-4-11(9(13)7-8)20(17,18)14-10(12(15)16)5-6-19-2/h3-4,7,10,14H,5-6H2,1-2H3,(H,15,16). The van der Waals surface area contributed by atoms with E-state index < -0.39 is 22.0 Å². The molecule has 1 rings (SSSR count). The minimum absolute atomic E-state index is 0.00627. The molecule has 1 atom stereocenters. The van der Waals surface area contributed by atoms with E-state index in [1.54, 1.807) is 12.1 Å². The second-order valence-corrected chi connectivity index (χ2v) is 6.76. The lowest BCUT2D eigenvalue weighted by Gasteiger charge is -2.15. The quantitative estimate of drug-likeness (QED) is 0.764. The summed E-state index contributed by atoms with van der Waals surface area (Å²) in [6.45, 7) is 1.97. The smallest absolute Gasteiger partial charge is 0.321 e. The van der Waals surface area contributed by atoms with Crippen LogP contribution in [0.4, 0.5) is 0 Å². The fraction of sp³-hybridized carbons (Fsp3) is 0.417. The van der Waals surface area contributed by atoms with Gasteiger partial charge >= 0.3 is 5.97 Å². The molecule has 0 amide bonds. The Morgan fingerprint density at radius 3 is 2.65 bits per heavy atom. The predicted octanol–water partition coefficient (Wildman–Crippen LogP) is 1.53. The summed E-state index contributed by atoms with van der Waals surface area (Å²) in [7, 11) is -2.50. The first-order valence-electron chi connectivity index (χ1n) is 5.78. The number of carboxylic acid groups (broad SMARTS) is 1. The van der Waals surface area contributed by atoms with Crippen LogP contribution in [0.3, 0.4) is 0 Å². The first-order chi connectivity index (χ1) is 9.27. The molecule has 0 heterocycles. The van der Waals surface area contributed by atoms with Crippen LogP contribution in [0.1, 0.15) is 12.0 Å². The first kappa shape index (κ1) is 17.1. The van der Waals surface area contributed by atoms with Gasteiger partial charge in [-0.25, -0.2) is 8.42 Å². The van der Waals surface area contributed by atoms with E-state index in [1.807, 2.05) is 6.92 Å². The normalized spacial score (nSPS) is 13.2. The number of methoxy groups -OCH3 is 1. The SMILES string of the molecule is COCCC(NS(=O)(=O)c1ccc(C)cc1Br)C(=O)O. The topological polar surface area (TPSA) is 92.7 Å². The van der Waals surface area contributed by atoms with Crippen molar-refractivity contribution in [1.29, 1.82) is 0 Å². The summed E-state index contributed by atoms with van der Waals surface area (Å²) in [6.07, 6.45) is 0.0501. The molecule has 1 aromatic carbocycles. The number of nitrogens with one attached hydrogen (secondary N) is 1. The number of aliphatic carboxylic acids is 1. The Morgan fingerprint density at radius 1 is 1.50 bits per heavy atom. The molecule has 0 aromatic heterocycles. The number of aryl methyl sites for hydroxylation is 1. The summed E-state index contributed by atoms with van der Waals surface area (Å²) in [5.74, 6) is -1.24. The van der Waals surface area contributed by atoms with Crippen molar-refractivity contribution in [3.05, 3.63) is 28.2 Å². The van der Waals surface area contributed by atoms with Crippen molar-refractivity contribution < 1.29 is 23.1 Å². The van der Waals surface area contributed by atoms with Crippen LogP contribution in [0.25, 0.3) is 0 Å². The molecule has 0 aliphatic carbocycles. The zero-order chi connectivity index (χ0) is 15.3. The lowest BCUT2D eigenvalue weighted by atomic mass is 10.2. The average Bonchev–Trinajstić information content (AvgIpc) is 2.33. The summed E-state index contributed by atoms with van der Waals surface area (Å²) >= 11 is 3.17. The minimum Gasteiger partial charge on any atom is -0.480 e. The predicted molar refractivity (Wildman–Crippen MR) is 77.1 cm³/mol. The summed E-state index contributed by atoms with van der Waals surface area (Å²) < 4.78 is 31.7. The number of ether oxygens (including phenoxy) is 1. The van der Waals surface area contributed by atoms with E-state index in [-0.39, 0.29) is 17.9 Å². The molecule has 0 bridgehead atoms. The fourth-order valence-electron chi connectivity index (χ4n) is 1.54.